The van der Waals surface area contributed by atoms with Crippen molar-refractivity contribution in [2.45, 2.75) is 38.6 Å². The molecule has 218 valence electrons. The lowest BCUT2D eigenvalue weighted by molar-refractivity contribution is -0.129. The Hall–Kier alpha value is -4.07. The fraction of sp³-hybridized carbons (Fsp3) is 0.242. The van der Waals surface area contributed by atoms with E-state index < -0.39 is 11.9 Å². The average Bonchev–Trinajstić information content (AvgIpc) is 2.99. The molecule has 2 N–H and O–H groups in total. The summed E-state index contributed by atoms with van der Waals surface area (Å²) in [4.78, 5) is 26.1. The zero-order chi connectivity index (χ0) is 29.7. The van der Waals surface area contributed by atoms with Crippen LogP contribution in [0, 0.1) is 0 Å². The number of hydrogen-bond acceptors (Lipinski definition) is 5. The standard InChI is InChI=1S/C33H33Cl2N3O4/c1-2-18-41-30-16-14-24-11-6-7-12-26(24)27(30)22-36-38-33(40)29(20-23-9-4-3-5-10-23)37-32(39)13-8-19-42-31-17-15-25(34)21-28(31)35/h3-7,9-12,14-17,21-22,29H,2,8,13,18-20H2,1H3,(H,37,39)(H,38,40)/b36-22-/t29-/m0/s1. The Morgan fingerprint density at radius 1 is 0.905 bits per heavy atom. The molecule has 0 spiro atoms. The summed E-state index contributed by atoms with van der Waals surface area (Å²) in [7, 11) is 0. The smallest absolute Gasteiger partial charge is 0.262 e. The number of halogens is 2. The van der Waals surface area contributed by atoms with Crippen LogP contribution in [0.4, 0.5) is 0 Å². The molecule has 0 aliphatic rings. The fourth-order valence-electron chi connectivity index (χ4n) is 4.32. The number of amides is 2. The first kappa shape index (κ1) is 30.9. The highest BCUT2D eigenvalue weighted by Gasteiger charge is 2.21. The summed E-state index contributed by atoms with van der Waals surface area (Å²) >= 11 is 12.1. The molecule has 0 saturated heterocycles. The Bertz CT molecular complexity index is 1530. The lowest BCUT2D eigenvalue weighted by Crippen LogP contribution is -2.46. The van der Waals surface area contributed by atoms with E-state index in [0.29, 0.717) is 41.0 Å². The van der Waals surface area contributed by atoms with E-state index in [-0.39, 0.29) is 18.9 Å². The largest absolute Gasteiger partial charge is 0.493 e. The Kier molecular flexibility index (Phi) is 11.6. The molecule has 4 rings (SSSR count). The normalized spacial score (nSPS) is 11.8. The highest BCUT2D eigenvalue weighted by Crippen LogP contribution is 2.28. The predicted molar refractivity (Wildman–Crippen MR) is 169 cm³/mol. The number of fused-ring (bicyclic) bond motifs is 1. The third kappa shape index (κ3) is 8.96. The van der Waals surface area contributed by atoms with Crippen molar-refractivity contribution in [3.63, 3.8) is 0 Å². The van der Waals surface area contributed by atoms with E-state index in [1.54, 1.807) is 24.4 Å². The first-order valence-corrected chi connectivity index (χ1v) is 14.6. The highest BCUT2D eigenvalue weighted by atomic mass is 35.5. The molecule has 0 radical (unpaired) electrons. The summed E-state index contributed by atoms with van der Waals surface area (Å²) in [5.41, 5.74) is 4.29. The van der Waals surface area contributed by atoms with Crippen LogP contribution in [0.3, 0.4) is 0 Å². The molecular formula is C33H33Cl2N3O4. The van der Waals surface area contributed by atoms with Gasteiger partial charge in [0.1, 0.15) is 17.5 Å². The van der Waals surface area contributed by atoms with Gasteiger partial charge in [-0.05, 0) is 53.4 Å². The molecular weight excluding hydrogens is 573 g/mol. The third-order valence-electron chi connectivity index (χ3n) is 6.39. The number of ether oxygens (including phenoxy) is 2. The summed E-state index contributed by atoms with van der Waals surface area (Å²) in [5.74, 6) is 0.481. The van der Waals surface area contributed by atoms with Crippen LogP contribution >= 0.6 is 23.2 Å². The number of nitrogens with zero attached hydrogens (tertiary/aromatic N) is 1. The van der Waals surface area contributed by atoms with Crippen molar-refractivity contribution in [1.82, 2.24) is 10.7 Å². The Morgan fingerprint density at radius 3 is 2.43 bits per heavy atom. The lowest BCUT2D eigenvalue weighted by Gasteiger charge is -2.17. The van der Waals surface area contributed by atoms with Gasteiger partial charge in [0.25, 0.3) is 5.91 Å². The van der Waals surface area contributed by atoms with E-state index >= 15 is 0 Å². The summed E-state index contributed by atoms with van der Waals surface area (Å²) < 4.78 is 11.6. The first-order valence-electron chi connectivity index (χ1n) is 13.8. The maximum atomic E-state index is 13.3. The SMILES string of the molecule is CCCOc1ccc2ccccc2c1/C=N\NC(=O)[C@H](Cc1ccccc1)NC(=O)CCCOc1ccc(Cl)cc1Cl. The molecule has 0 aromatic heterocycles. The molecule has 0 aliphatic heterocycles. The van der Waals surface area contributed by atoms with E-state index in [1.807, 2.05) is 73.7 Å². The molecule has 4 aromatic rings. The third-order valence-corrected chi connectivity index (χ3v) is 6.93. The van der Waals surface area contributed by atoms with E-state index in [4.69, 9.17) is 32.7 Å². The van der Waals surface area contributed by atoms with Gasteiger partial charge in [-0.15, -0.1) is 0 Å². The molecule has 1 atom stereocenters. The molecule has 0 saturated carbocycles. The fourth-order valence-corrected chi connectivity index (χ4v) is 4.78. The van der Waals surface area contributed by atoms with E-state index in [2.05, 4.69) is 15.8 Å². The summed E-state index contributed by atoms with van der Waals surface area (Å²) in [5, 5.41) is 10.0. The van der Waals surface area contributed by atoms with E-state index in [0.717, 1.165) is 28.3 Å². The van der Waals surface area contributed by atoms with Crippen LogP contribution < -0.4 is 20.2 Å². The number of hydrogen-bond donors (Lipinski definition) is 2. The maximum Gasteiger partial charge on any atom is 0.262 e. The topological polar surface area (TPSA) is 89.0 Å². The quantitative estimate of drug-likeness (QED) is 0.0922. The van der Waals surface area contributed by atoms with Crippen LogP contribution in [0.15, 0.2) is 90.0 Å². The van der Waals surface area contributed by atoms with Gasteiger partial charge in [0, 0.05) is 23.4 Å². The molecule has 9 heteroatoms. The van der Waals surface area contributed by atoms with Gasteiger partial charge in [-0.2, -0.15) is 5.10 Å². The van der Waals surface area contributed by atoms with Gasteiger partial charge >= 0.3 is 0 Å². The van der Waals surface area contributed by atoms with Crippen molar-refractivity contribution in [1.29, 1.82) is 0 Å². The molecule has 0 bridgehead atoms. The van der Waals surface area contributed by atoms with Gasteiger partial charge in [0.15, 0.2) is 0 Å². The van der Waals surface area contributed by atoms with Crippen LogP contribution in [0.25, 0.3) is 10.8 Å². The van der Waals surface area contributed by atoms with Crippen LogP contribution in [0.1, 0.15) is 37.3 Å². The van der Waals surface area contributed by atoms with Crippen LogP contribution in [-0.4, -0.2) is 37.3 Å². The number of carbonyl (C=O) groups excluding carboxylic acids is 2. The summed E-state index contributed by atoms with van der Waals surface area (Å²) in [6.07, 6.45) is 3.36. The molecule has 0 unspecified atom stereocenters. The molecule has 0 heterocycles. The number of hydrazone groups is 1. The minimum atomic E-state index is -0.827. The van der Waals surface area contributed by atoms with Gasteiger partial charge in [-0.25, -0.2) is 5.43 Å². The average molecular weight is 607 g/mol. The Morgan fingerprint density at radius 2 is 1.64 bits per heavy atom. The highest BCUT2D eigenvalue weighted by molar-refractivity contribution is 6.35. The molecule has 0 fully saturated rings. The number of carbonyl (C=O) groups is 2. The van der Waals surface area contributed by atoms with Gasteiger partial charge in [-0.1, -0.05) is 90.8 Å². The van der Waals surface area contributed by atoms with Crippen molar-refractivity contribution < 1.29 is 19.1 Å². The minimum Gasteiger partial charge on any atom is -0.493 e. The molecule has 2 amide bonds. The van der Waals surface area contributed by atoms with Crippen LogP contribution in [0.2, 0.25) is 10.0 Å². The predicted octanol–water partition coefficient (Wildman–Crippen LogP) is 6.97. The molecule has 0 aliphatic carbocycles. The number of rotatable bonds is 14. The van der Waals surface area contributed by atoms with E-state index in [9.17, 15) is 9.59 Å². The Labute approximate surface area is 255 Å². The first-order chi connectivity index (χ1) is 20.4. The molecule has 4 aromatic carbocycles. The maximum absolute atomic E-state index is 13.3. The van der Waals surface area contributed by atoms with Gasteiger partial charge in [0.05, 0.1) is 24.5 Å². The van der Waals surface area contributed by atoms with Crippen molar-refractivity contribution in [3.8, 4) is 11.5 Å². The summed E-state index contributed by atoms with van der Waals surface area (Å²) in [6, 6.07) is 25.5. The second-order valence-corrected chi connectivity index (χ2v) is 10.5. The van der Waals surface area contributed by atoms with Crippen molar-refractivity contribution in [2.24, 2.45) is 5.10 Å². The molecule has 7 nitrogen and oxygen atoms in total. The van der Waals surface area contributed by atoms with Crippen molar-refractivity contribution in [3.05, 3.63) is 106 Å². The van der Waals surface area contributed by atoms with Crippen LogP contribution in [-0.2, 0) is 16.0 Å². The molecule has 42 heavy (non-hydrogen) atoms. The van der Waals surface area contributed by atoms with Crippen LogP contribution in [0.5, 0.6) is 11.5 Å². The van der Waals surface area contributed by atoms with Gasteiger partial charge in [-0.3, -0.25) is 9.59 Å². The van der Waals surface area contributed by atoms with E-state index in [1.165, 1.54) is 0 Å². The van der Waals surface area contributed by atoms with Gasteiger partial charge < -0.3 is 14.8 Å². The second kappa shape index (κ2) is 15.8. The summed E-state index contributed by atoms with van der Waals surface area (Å²) in [6.45, 7) is 2.88. The number of benzene rings is 4. The monoisotopic (exact) mass is 605 g/mol. The second-order valence-electron chi connectivity index (χ2n) is 9.62. The zero-order valence-electron chi connectivity index (χ0n) is 23.3. The lowest BCUT2D eigenvalue weighted by atomic mass is 10.0. The zero-order valence-corrected chi connectivity index (χ0v) is 24.8. The van der Waals surface area contributed by atoms with Gasteiger partial charge in [0.2, 0.25) is 5.91 Å². The minimum absolute atomic E-state index is 0.168. The van der Waals surface area contributed by atoms with Crippen molar-refractivity contribution in [2.75, 3.05) is 13.2 Å². The van der Waals surface area contributed by atoms with Crippen molar-refractivity contribution >= 4 is 52.0 Å². The number of nitrogens with one attached hydrogen (secondary N) is 2. The Balaban J connectivity index is 1.40.